The molecule has 1 saturated carbocycles. The zero-order valence-corrected chi connectivity index (χ0v) is 11.5. The van der Waals surface area contributed by atoms with Gasteiger partial charge in [0.05, 0.1) is 18.8 Å². The number of aliphatic hydroxyl groups is 1. The fraction of sp³-hybridized carbons (Fsp3) is 0.625. The molecule has 1 aliphatic carbocycles. The average molecular weight is 262 g/mol. The summed E-state index contributed by atoms with van der Waals surface area (Å²) in [6.45, 7) is 3.53. The molecule has 1 fully saturated rings. The van der Waals surface area contributed by atoms with E-state index in [0.29, 0.717) is 19.1 Å². The van der Waals surface area contributed by atoms with Crippen LogP contribution in [0.1, 0.15) is 44.6 Å². The summed E-state index contributed by atoms with van der Waals surface area (Å²) >= 11 is 0. The Morgan fingerprint density at radius 1 is 1.11 bits per heavy atom. The molecule has 0 amide bonds. The van der Waals surface area contributed by atoms with Gasteiger partial charge in [-0.2, -0.15) is 0 Å². The monoisotopic (exact) mass is 262 g/mol. The standard InChI is InChI=1S/C16H22O3/c1-12-5-2-3-8-16(12,17)13-6-7-14-15(11-13)19-10-4-9-18-14/h6-7,11-12,17H,2-5,8-10H2,1H3. The smallest absolute Gasteiger partial charge is 0.161 e. The van der Waals surface area contributed by atoms with Crippen LogP contribution in [0.3, 0.4) is 0 Å². The lowest BCUT2D eigenvalue weighted by molar-refractivity contribution is -0.0471. The van der Waals surface area contributed by atoms with Crippen molar-refractivity contribution >= 4 is 0 Å². The van der Waals surface area contributed by atoms with E-state index in [-0.39, 0.29) is 0 Å². The summed E-state index contributed by atoms with van der Waals surface area (Å²) in [5.41, 5.74) is 0.270. The summed E-state index contributed by atoms with van der Waals surface area (Å²) in [5, 5.41) is 11.0. The van der Waals surface area contributed by atoms with Crippen LogP contribution in [0.5, 0.6) is 11.5 Å². The number of rotatable bonds is 1. The zero-order chi connectivity index (χ0) is 13.3. The van der Waals surface area contributed by atoms with E-state index < -0.39 is 5.60 Å². The number of benzene rings is 1. The van der Waals surface area contributed by atoms with E-state index in [1.54, 1.807) is 0 Å². The van der Waals surface area contributed by atoms with Gasteiger partial charge in [0.2, 0.25) is 0 Å². The lowest BCUT2D eigenvalue weighted by atomic mass is 9.72. The molecule has 0 spiro atoms. The molecule has 104 valence electrons. The lowest BCUT2D eigenvalue weighted by Gasteiger charge is -2.38. The van der Waals surface area contributed by atoms with Crippen LogP contribution >= 0.6 is 0 Å². The maximum Gasteiger partial charge on any atom is 0.161 e. The maximum atomic E-state index is 11.0. The molecule has 0 bridgehead atoms. The van der Waals surface area contributed by atoms with Gasteiger partial charge in [-0.25, -0.2) is 0 Å². The molecule has 2 unspecified atom stereocenters. The van der Waals surface area contributed by atoms with Crippen molar-refractivity contribution in [2.24, 2.45) is 5.92 Å². The molecule has 1 heterocycles. The van der Waals surface area contributed by atoms with E-state index in [0.717, 1.165) is 42.7 Å². The molecule has 0 saturated heterocycles. The fourth-order valence-electron chi connectivity index (χ4n) is 3.19. The second kappa shape index (κ2) is 5.04. The van der Waals surface area contributed by atoms with Crippen LogP contribution in [0.2, 0.25) is 0 Å². The molecule has 1 aromatic rings. The lowest BCUT2D eigenvalue weighted by Crippen LogP contribution is -2.36. The van der Waals surface area contributed by atoms with Crippen molar-refractivity contribution in [3.63, 3.8) is 0 Å². The predicted molar refractivity (Wildman–Crippen MR) is 73.6 cm³/mol. The Morgan fingerprint density at radius 2 is 1.89 bits per heavy atom. The van der Waals surface area contributed by atoms with Crippen LogP contribution in [-0.4, -0.2) is 18.3 Å². The van der Waals surface area contributed by atoms with Crippen LogP contribution in [-0.2, 0) is 5.60 Å². The van der Waals surface area contributed by atoms with Gasteiger partial charge in [0.15, 0.2) is 11.5 Å². The van der Waals surface area contributed by atoms with E-state index in [4.69, 9.17) is 9.47 Å². The normalized spacial score (nSPS) is 30.7. The summed E-state index contributed by atoms with van der Waals surface area (Å²) < 4.78 is 11.4. The maximum absolute atomic E-state index is 11.0. The first-order chi connectivity index (χ1) is 9.20. The van der Waals surface area contributed by atoms with Crippen molar-refractivity contribution in [1.82, 2.24) is 0 Å². The van der Waals surface area contributed by atoms with E-state index in [1.807, 2.05) is 18.2 Å². The Kier molecular flexibility index (Phi) is 3.40. The van der Waals surface area contributed by atoms with Crippen LogP contribution in [0, 0.1) is 5.92 Å². The number of hydrogen-bond acceptors (Lipinski definition) is 3. The molecule has 3 nitrogen and oxygen atoms in total. The van der Waals surface area contributed by atoms with Gasteiger partial charge in [0, 0.05) is 6.42 Å². The average Bonchev–Trinajstić information content (AvgIpc) is 2.66. The number of ether oxygens (including phenoxy) is 2. The first-order valence-electron chi connectivity index (χ1n) is 7.33. The Labute approximate surface area is 114 Å². The molecule has 2 aliphatic rings. The SMILES string of the molecule is CC1CCCCC1(O)c1ccc2c(c1)OCCCO2. The minimum absolute atomic E-state index is 0.297. The zero-order valence-electron chi connectivity index (χ0n) is 11.5. The molecule has 19 heavy (non-hydrogen) atoms. The molecule has 3 heteroatoms. The summed E-state index contributed by atoms with van der Waals surface area (Å²) in [5.74, 6) is 1.88. The Balaban J connectivity index is 1.94. The van der Waals surface area contributed by atoms with Crippen molar-refractivity contribution in [2.75, 3.05) is 13.2 Å². The third-order valence-corrected chi connectivity index (χ3v) is 4.51. The highest BCUT2D eigenvalue weighted by Gasteiger charge is 2.38. The van der Waals surface area contributed by atoms with Gasteiger partial charge in [-0.1, -0.05) is 25.8 Å². The van der Waals surface area contributed by atoms with Crippen molar-refractivity contribution in [2.45, 2.75) is 44.6 Å². The highest BCUT2D eigenvalue weighted by Crippen LogP contribution is 2.44. The highest BCUT2D eigenvalue weighted by molar-refractivity contribution is 5.45. The second-order valence-electron chi connectivity index (χ2n) is 5.78. The molecule has 2 atom stereocenters. The van der Waals surface area contributed by atoms with E-state index in [1.165, 1.54) is 6.42 Å². The van der Waals surface area contributed by atoms with Crippen molar-refractivity contribution in [3.8, 4) is 11.5 Å². The molecule has 1 aliphatic heterocycles. The van der Waals surface area contributed by atoms with Gasteiger partial charge in [0.1, 0.15) is 0 Å². The summed E-state index contributed by atoms with van der Waals surface area (Å²) in [6, 6.07) is 5.91. The predicted octanol–water partition coefficient (Wildman–Crippen LogP) is 3.25. The third kappa shape index (κ3) is 2.32. The largest absolute Gasteiger partial charge is 0.490 e. The number of fused-ring (bicyclic) bond motifs is 1. The molecule has 3 rings (SSSR count). The molecule has 1 N–H and O–H groups in total. The Hall–Kier alpha value is -1.22. The van der Waals surface area contributed by atoms with E-state index in [2.05, 4.69) is 6.92 Å². The Morgan fingerprint density at radius 3 is 2.68 bits per heavy atom. The number of hydrogen-bond donors (Lipinski definition) is 1. The third-order valence-electron chi connectivity index (χ3n) is 4.51. The van der Waals surface area contributed by atoms with Gasteiger partial charge in [-0.05, 0) is 36.5 Å². The minimum atomic E-state index is -0.705. The van der Waals surface area contributed by atoms with E-state index in [9.17, 15) is 5.11 Å². The van der Waals surface area contributed by atoms with Crippen LogP contribution in [0.4, 0.5) is 0 Å². The highest BCUT2D eigenvalue weighted by atomic mass is 16.5. The van der Waals surface area contributed by atoms with Crippen LogP contribution < -0.4 is 9.47 Å². The molecule has 0 radical (unpaired) electrons. The second-order valence-corrected chi connectivity index (χ2v) is 5.78. The van der Waals surface area contributed by atoms with Gasteiger partial charge < -0.3 is 14.6 Å². The molecular formula is C16H22O3. The summed E-state index contributed by atoms with van der Waals surface area (Å²) in [7, 11) is 0. The van der Waals surface area contributed by atoms with Gasteiger partial charge in [-0.15, -0.1) is 0 Å². The molecule has 1 aromatic carbocycles. The van der Waals surface area contributed by atoms with E-state index >= 15 is 0 Å². The molecule has 0 aromatic heterocycles. The van der Waals surface area contributed by atoms with Crippen LogP contribution in [0.25, 0.3) is 0 Å². The van der Waals surface area contributed by atoms with Gasteiger partial charge in [0.25, 0.3) is 0 Å². The van der Waals surface area contributed by atoms with Crippen molar-refractivity contribution < 1.29 is 14.6 Å². The summed E-state index contributed by atoms with van der Waals surface area (Å²) in [6.07, 6.45) is 5.15. The van der Waals surface area contributed by atoms with Crippen molar-refractivity contribution in [1.29, 1.82) is 0 Å². The van der Waals surface area contributed by atoms with Gasteiger partial charge in [-0.3, -0.25) is 0 Å². The first-order valence-corrected chi connectivity index (χ1v) is 7.33. The Bertz CT molecular complexity index is 457. The fourth-order valence-corrected chi connectivity index (χ4v) is 3.19. The van der Waals surface area contributed by atoms with Crippen molar-refractivity contribution in [3.05, 3.63) is 23.8 Å². The molecular weight excluding hydrogens is 240 g/mol. The first kappa shape index (κ1) is 12.8. The van der Waals surface area contributed by atoms with Gasteiger partial charge >= 0.3 is 0 Å². The van der Waals surface area contributed by atoms with Crippen LogP contribution in [0.15, 0.2) is 18.2 Å². The topological polar surface area (TPSA) is 38.7 Å². The summed E-state index contributed by atoms with van der Waals surface area (Å²) in [4.78, 5) is 0. The minimum Gasteiger partial charge on any atom is -0.490 e. The quantitative estimate of drug-likeness (QED) is 0.844.